The van der Waals surface area contributed by atoms with Crippen molar-refractivity contribution < 1.29 is 14.0 Å². The van der Waals surface area contributed by atoms with Gasteiger partial charge in [0.2, 0.25) is 0 Å². The summed E-state index contributed by atoms with van der Waals surface area (Å²) in [7, 11) is 0. The highest BCUT2D eigenvalue weighted by molar-refractivity contribution is 7.18. The summed E-state index contributed by atoms with van der Waals surface area (Å²) in [4.78, 5) is 25.4. The van der Waals surface area contributed by atoms with Gasteiger partial charge in [0.15, 0.2) is 0 Å². The lowest BCUT2D eigenvalue weighted by molar-refractivity contribution is 0.0886. The van der Waals surface area contributed by atoms with Crippen LogP contribution in [0, 0.1) is 18.7 Å². The fourth-order valence-electron chi connectivity index (χ4n) is 2.33. The molecule has 1 heterocycles. The number of halogens is 2. The molecule has 0 bridgehead atoms. The summed E-state index contributed by atoms with van der Waals surface area (Å²) in [5.74, 6) is -0.953. The first kappa shape index (κ1) is 23.1. The van der Waals surface area contributed by atoms with Crippen LogP contribution in [-0.2, 0) is 0 Å². The maximum Gasteiger partial charge on any atom is 0.262 e. The van der Waals surface area contributed by atoms with Gasteiger partial charge in [-0.05, 0) is 49.6 Å². The van der Waals surface area contributed by atoms with Crippen molar-refractivity contribution in [2.45, 2.75) is 33.2 Å². The van der Waals surface area contributed by atoms with Gasteiger partial charge in [0.1, 0.15) is 5.82 Å². The van der Waals surface area contributed by atoms with Crippen molar-refractivity contribution in [3.05, 3.63) is 52.2 Å². The number of hydrogen-bond donors (Lipinski definition) is 3. The van der Waals surface area contributed by atoms with Crippen LogP contribution >= 0.6 is 23.7 Å². The molecule has 8 heteroatoms. The topological polar surface area (TPSA) is 84.2 Å². The van der Waals surface area contributed by atoms with E-state index in [1.165, 1.54) is 35.6 Å². The van der Waals surface area contributed by atoms with E-state index >= 15 is 0 Å². The minimum Gasteiger partial charge on any atom is -0.345 e. The molecule has 0 aliphatic carbocycles. The molecule has 0 saturated heterocycles. The van der Waals surface area contributed by atoms with Crippen LogP contribution < -0.4 is 16.4 Å². The minimum absolute atomic E-state index is 0. The normalized spacial score (nSPS) is 12.9. The number of hydrogen-bond acceptors (Lipinski definition) is 4. The van der Waals surface area contributed by atoms with E-state index in [0.29, 0.717) is 16.4 Å². The molecule has 0 radical (unpaired) electrons. The Morgan fingerprint density at radius 3 is 2.48 bits per heavy atom. The van der Waals surface area contributed by atoms with Crippen molar-refractivity contribution in [2.75, 3.05) is 11.9 Å². The molecular formula is C19H25ClFN3O2S. The van der Waals surface area contributed by atoms with Crippen LogP contribution in [0.2, 0.25) is 0 Å². The molecule has 1 atom stereocenters. The second-order valence-electron chi connectivity index (χ2n) is 6.82. The second-order valence-corrected chi connectivity index (χ2v) is 7.87. The minimum atomic E-state index is -0.515. The van der Waals surface area contributed by atoms with E-state index in [1.807, 2.05) is 20.8 Å². The summed E-state index contributed by atoms with van der Waals surface area (Å²) < 4.78 is 13.3. The van der Waals surface area contributed by atoms with Crippen molar-refractivity contribution in [1.82, 2.24) is 5.32 Å². The summed E-state index contributed by atoms with van der Waals surface area (Å²) in [6.07, 6.45) is 0. The molecule has 2 rings (SSSR count). The SMILES string of the molecule is Cc1cc(NC(=O)c2cccc(F)c2)sc1C(=O)NC(C)(CN)C(C)C.Cl. The molecule has 0 saturated carbocycles. The highest BCUT2D eigenvalue weighted by Gasteiger charge is 2.30. The maximum atomic E-state index is 13.3. The first-order valence-electron chi connectivity index (χ1n) is 8.36. The fraction of sp³-hybridized carbons (Fsp3) is 0.368. The van der Waals surface area contributed by atoms with Gasteiger partial charge in [-0.15, -0.1) is 23.7 Å². The molecule has 1 aromatic carbocycles. The largest absolute Gasteiger partial charge is 0.345 e. The van der Waals surface area contributed by atoms with E-state index in [0.717, 1.165) is 5.56 Å². The van der Waals surface area contributed by atoms with Crippen LogP contribution in [0.4, 0.5) is 9.39 Å². The monoisotopic (exact) mass is 413 g/mol. The zero-order chi connectivity index (χ0) is 19.5. The van der Waals surface area contributed by atoms with E-state index in [-0.39, 0.29) is 29.8 Å². The molecule has 0 spiro atoms. The quantitative estimate of drug-likeness (QED) is 0.669. The first-order chi connectivity index (χ1) is 12.2. The highest BCUT2D eigenvalue weighted by atomic mass is 35.5. The molecule has 4 N–H and O–H groups in total. The molecule has 0 aliphatic heterocycles. The second kappa shape index (κ2) is 9.30. The van der Waals surface area contributed by atoms with Crippen LogP contribution in [0.3, 0.4) is 0 Å². The number of anilines is 1. The average Bonchev–Trinajstić information content (AvgIpc) is 2.94. The number of nitrogens with one attached hydrogen (secondary N) is 2. The zero-order valence-corrected chi connectivity index (χ0v) is 17.4. The van der Waals surface area contributed by atoms with Crippen molar-refractivity contribution >= 4 is 40.6 Å². The molecule has 0 fully saturated rings. The smallest absolute Gasteiger partial charge is 0.262 e. The summed E-state index contributed by atoms with van der Waals surface area (Å²) >= 11 is 1.18. The third kappa shape index (κ3) is 5.51. The standard InChI is InChI=1S/C19H24FN3O2S.ClH/c1-11(2)19(4,10-21)23-18(25)16-12(3)8-15(26-16)22-17(24)13-6-5-7-14(20)9-13;/h5-9,11H,10,21H2,1-4H3,(H,22,24)(H,23,25);1H. The number of carbonyl (C=O) groups is 2. The Hall–Kier alpha value is -1.96. The third-order valence-electron chi connectivity index (χ3n) is 4.54. The predicted octanol–water partition coefficient (Wildman–Crippen LogP) is 3.97. The van der Waals surface area contributed by atoms with Gasteiger partial charge in [-0.2, -0.15) is 0 Å². The number of carbonyl (C=O) groups excluding carboxylic acids is 2. The molecule has 1 unspecified atom stereocenters. The van der Waals surface area contributed by atoms with Crippen LogP contribution in [0.25, 0.3) is 0 Å². The third-order valence-corrected chi connectivity index (χ3v) is 5.70. The van der Waals surface area contributed by atoms with E-state index in [2.05, 4.69) is 10.6 Å². The molecule has 5 nitrogen and oxygen atoms in total. The van der Waals surface area contributed by atoms with Gasteiger partial charge in [-0.25, -0.2) is 4.39 Å². The van der Waals surface area contributed by atoms with Gasteiger partial charge in [-0.1, -0.05) is 19.9 Å². The van der Waals surface area contributed by atoms with Gasteiger partial charge >= 0.3 is 0 Å². The van der Waals surface area contributed by atoms with Crippen LogP contribution in [-0.4, -0.2) is 23.9 Å². The van der Waals surface area contributed by atoms with Crippen molar-refractivity contribution in [3.63, 3.8) is 0 Å². The van der Waals surface area contributed by atoms with Gasteiger partial charge in [0.05, 0.1) is 15.4 Å². The number of thiophene rings is 1. The molecule has 2 amide bonds. The van der Waals surface area contributed by atoms with Crippen LogP contribution in [0.5, 0.6) is 0 Å². The first-order valence-corrected chi connectivity index (χ1v) is 9.18. The molecule has 2 aromatic rings. The van der Waals surface area contributed by atoms with Crippen molar-refractivity contribution in [3.8, 4) is 0 Å². The molecule has 27 heavy (non-hydrogen) atoms. The average molecular weight is 414 g/mol. The Morgan fingerprint density at radius 1 is 1.26 bits per heavy atom. The van der Waals surface area contributed by atoms with E-state index in [4.69, 9.17) is 5.73 Å². The number of amides is 2. The molecule has 148 valence electrons. The summed E-state index contributed by atoms with van der Waals surface area (Å²) in [6, 6.07) is 7.17. The van der Waals surface area contributed by atoms with Crippen molar-refractivity contribution in [2.24, 2.45) is 11.7 Å². The van der Waals surface area contributed by atoms with Gasteiger partial charge < -0.3 is 16.4 Å². The Balaban J connectivity index is 0.00000364. The summed E-state index contributed by atoms with van der Waals surface area (Å²) in [5, 5.41) is 6.23. The Labute approximate surface area is 168 Å². The van der Waals surface area contributed by atoms with Crippen LogP contribution in [0.15, 0.2) is 30.3 Å². The van der Waals surface area contributed by atoms with Crippen LogP contribution in [0.1, 0.15) is 46.4 Å². The Kier molecular flexibility index (Phi) is 7.95. The highest BCUT2D eigenvalue weighted by Crippen LogP contribution is 2.28. The molecule has 0 aliphatic rings. The van der Waals surface area contributed by atoms with E-state index in [9.17, 15) is 14.0 Å². The lowest BCUT2D eigenvalue weighted by Gasteiger charge is -2.33. The lowest BCUT2D eigenvalue weighted by atomic mass is 9.88. The van der Waals surface area contributed by atoms with Crippen molar-refractivity contribution in [1.29, 1.82) is 0 Å². The molecule has 1 aromatic heterocycles. The zero-order valence-electron chi connectivity index (χ0n) is 15.8. The number of aryl methyl sites for hydroxylation is 1. The number of benzene rings is 1. The maximum absolute atomic E-state index is 13.3. The van der Waals surface area contributed by atoms with E-state index < -0.39 is 17.3 Å². The fourth-order valence-corrected chi connectivity index (χ4v) is 3.29. The summed E-state index contributed by atoms with van der Waals surface area (Å²) in [5.41, 5.74) is 6.28. The lowest BCUT2D eigenvalue weighted by Crippen LogP contribution is -2.54. The van der Waals surface area contributed by atoms with Gasteiger partial charge in [-0.3, -0.25) is 9.59 Å². The Bertz CT molecular complexity index is 825. The summed E-state index contributed by atoms with van der Waals surface area (Å²) in [6.45, 7) is 8.03. The van der Waals surface area contributed by atoms with Gasteiger partial charge in [0, 0.05) is 12.1 Å². The number of rotatable bonds is 6. The number of nitrogens with two attached hydrogens (primary N) is 1. The Morgan fingerprint density at radius 2 is 1.93 bits per heavy atom. The van der Waals surface area contributed by atoms with Gasteiger partial charge in [0.25, 0.3) is 11.8 Å². The van der Waals surface area contributed by atoms with E-state index in [1.54, 1.807) is 13.0 Å². The molecular weight excluding hydrogens is 389 g/mol. The predicted molar refractivity (Wildman–Crippen MR) is 110 cm³/mol.